The number of hydrogen-bond acceptors (Lipinski definition) is 6. The van der Waals surface area contributed by atoms with Gasteiger partial charge in [-0.15, -0.1) is 0 Å². The van der Waals surface area contributed by atoms with Crippen LogP contribution >= 0.6 is 0 Å². The average Bonchev–Trinajstić information content (AvgIpc) is 2.90. The molecule has 0 aliphatic carbocycles. The lowest BCUT2D eigenvalue weighted by atomic mass is 9.99. The van der Waals surface area contributed by atoms with Gasteiger partial charge in [-0.3, -0.25) is 14.7 Å². The number of aromatic nitrogens is 1. The summed E-state index contributed by atoms with van der Waals surface area (Å²) in [7, 11) is 0. The summed E-state index contributed by atoms with van der Waals surface area (Å²) < 4.78 is 12.0. The molecule has 0 fully saturated rings. The second-order valence-corrected chi connectivity index (χ2v) is 8.92. The van der Waals surface area contributed by atoms with Crippen LogP contribution < -0.4 is 4.74 Å². The highest BCUT2D eigenvalue weighted by Gasteiger charge is 2.17. The van der Waals surface area contributed by atoms with Crippen molar-refractivity contribution in [1.82, 2.24) is 14.8 Å². The fraction of sp³-hybridized carbons (Fsp3) is 0.379. The number of benzene rings is 2. The Morgan fingerprint density at radius 3 is 2.75 bits per heavy atom. The number of rotatable bonds is 6. The molecule has 2 aromatic carbocycles. The number of amides is 1. The van der Waals surface area contributed by atoms with Gasteiger partial charge in [-0.1, -0.05) is 30.3 Å². The number of carbonyl (C=O) groups excluding carboxylic acids is 1. The zero-order valence-electron chi connectivity index (χ0n) is 20.9. The minimum absolute atomic E-state index is 0.0578. The molecule has 1 aliphatic heterocycles. The monoisotopic (exact) mass is 489 g/mol. The van der Waals surface area contributed by atoms with E-state index in [2.05, 4.69) is 34.1 Å². The lowest BCUT2D eigenvalue weighted by Crippen LogP contribution is -2.33. The van der Waals surface area contributed by atoms with E-state index in [0.717, 1.165) is 42.2 Å². The molecule has 0 spiro atoms. The number of carbonyl (C=O) groups is 1. The standard InChI is InChI=1S/C29H35N3O4/c1-2-32(12-14-33)29(34)25-9-10-28-26(20-25)19-23-6-5-7-24(18-23)21-31(13-15-35-16-17-36-28)22-27-8-3-4-11-30-27/h3-11,18,20,33H,2,12-17,19,21-22H2,1H3. The molecule has 7 heteroatoms. The first-order valence-electron chi connectivity index (χ1n) is 12.6. The minimum atomic E-state index is -0.0870. The molecule has 2 heterocycles. The maximum Gasteiger partial charge on any atom is 0.253 e. The molecule has 1 aliphatic rings. The molecule has 0 saturated heterocycles. The smallest absolute Gasteiger partial charge is 0.253 e. The van der Waals surface area contributed by atoms with Gasteiger partial charge in [0.05, 0.1) is 25.5 Å². The summed E-state index contributed by atoms with van der Waals surface area (Å²) >= 11 is 0. The largest absolute Gasteiger partial charge is 0.491 e. The minimum Gasteiger partial charge on any atom is -0.491 e. The maximum absolute atomic E-state index is 13.0. The Labute approximate surface area is 213 Å². The second-order valence-electron chi connectivity index (χ2n) is 8.92. The number of pyridine rings is 1. The van der Waals surface area contributed by atoms with Crippen LogP contribution in [0.2, 0.25) is 0 Å². The predicted molar refractivity (Wildman–Crippen MR) is 139 cm³/mol. The number of nitrogens with zero attached hydrogens (tertiary/aromatic N) is 3. The van der Waals surface area contributed by atoms with E-state index in [9.17, 15) is 9.90 Å². The van der Waals surface area contributed by atoms with Crippen LogP contribution in [0.5, 0.6) is 5.75 Å². The van der Waals surface area contributed by atoms with Crippen LogP contribution in [0.4, 0.5) is 0 Å². The van der Waals surface area contributed by atoms with E-state index in [4.69, 9.17) is 9.47 Å². The molecule has 7 nitrogen and oxygen atoms in total. The highest BCUT2D eigenvalue weighted by molar-refractivity contribution is 5.94. The first-order valence-corrected chi connectivity index (χ1v) is 12.6. The Hall–Kier alpha value is -3.26. The third-order valence-corrected chi connectivity index (χ3v) is 6.29. The fourth-order valence-electron chi connectivity index (χ4n) is 4.46. The summed E-state index contributed by atoms with van der Waals surface area (Å²) in [6, 6.07) is 20.2. The molecule has 1 amide bonds. The number of aliphatic hydroxyl groups excluding tert-OH is 1. The number of hydrogen-bond donors (Lipinski definition) is 1. The molecule has 0 unspecified atom stereocenters. The second kappa shape index (κ2) is 13.2. The van der Waals surface area contributed by atoms with Crippen molar-refractivity contribution in [2.45, 2.75) is 26.4 Å². The molecular weight excluding hydrogens is 454 g/mol. The predicted octanol–water partition coefficient (Wildman–Crippen LogP) is 3.54. The molecule has 1 N–H and O–H groups in total. The third kappa shape index (κ3) is 7.13. The van der Waals surface area contributed by atoms with Gasteiger partial charge < -0.3 is 19.5 Å². The van der Waals surface area contributed by atoms with Gasteiger partial charge in [-0.05, 0) is 53.9 Å². The van der Waals surface area contributed by atoms with Crippen molar-refractivity contribution < 1.29 is 19.4 Å². The van der Waals surface area contributed by atoms with Crippen LogP contribution in [0.1, 0.15) is 39.7 Å². The molecule has 2 bridgehead atoms. The summed E-state index contributed by atoms with van der Waals surface area (Å²) in [5, 5.41) is 9.32. The SMILES string of the molecule is CCN(CCO)C(=O)c1ccc2c(c1)Cc1cccc(c1)CN(Cc1ccccn1)CCOCCO2. The van der Waals surface area contributed by atoms with Gasteiger partial charge in [-0.2, -0.15) is 0 Å². The highest BCUT2D eigenvalue weighted by Crippen LogP contribution is 2.25. The van der Waals surface area contributed by atoms with Crippen LogP contribution in [0, 0.1) is 0 Å². The quantitative estimate of drug-likeness (QED) is 0.571. The van der Waals surface area contributed by atoms with Crippen molar-refractivity contribution in [3.8, 4) is 5.75 Å². The number of aliphatic hydroxyl groups is 1. The van der Waals surface area contributed by atoms with E-state index >= 15 is 0 Å². The van der Waals surface area contributed by atoms with E-state index in [1.807, 2.05) is 43.5 Å². The van der Waals surface area contributed by atoms with E-state index in [1.54, 1.807) is 11.0 Å². The van der Waals surface area contributed by atoms with Crippen LogP contribution in [-0.2, 0) is 24.2 Å². The van der Waals surface area contributed by atoms with Crippen molar-refractivity contribution >= 4 is 5.91 Å². The molecule has 0 saturated carbocycles. The zero-order valence-corrected chi connectivity index (χ0v) is 20.9. The highest BCUT2D eigenvalue weighted by atomic mass is 16.5. The molecule has 0 atom stereocenters. The van der Waals surface area contributed by atoms with Gasteiger partial charge in [0.25, 0.3) is 5.91 Å². The molecule has 0 radical (unpaired) electrons. The van der Waals surface area contributed by atoms with Crippen LogP contribution in [0.25, 0.3) is 0 Å². The Balaban J connectivity index is 1.59. The molecule has 36 heavy (non-hydrogen) atoms. The lowest BCUT2D eigenvalue weighted by Gasteiger charge is -2.23. The normalized spacial score (nSPS) is 14.8. The van der Waals surface area contributed by atoms with Gasteiger partial charge in [0.1, 0.15) is 12.4 Å². The number of ether oxygens (including phenoxy) is 2. The Kier molecular flexibility index (Phi) is 9.44. The van der Waals surface area contributed by atoms with Crippen molar-refractivity contribution in [2.24, 2.45) is 0 Å². The molecule has 3 aromatic rings. The van der Waals surface area contributed by atoms with Crippen LogP contribution in [0.3, 0.4) is 0 Å². The van der Waals surface area contributed by atoms with E-state index < -0.39 is 0 Å². The first-order chi connectivity index (χ1) is 17.7. The van der Waals surface area contributed by atoms with Crippen LogP contribution in [0.15, 0.2) is 66.9 Å². The summed E-state index contributed by atoms with van der Waals surface area (Å²) in [5.74, 6) is 0.676. The van der Waals surface area contributed by atoms with Crippen molar-refractivity contribution in [2.75, 3.05) is 46.1 Å². The van der Waals surface area contributed by atoms with Crippen molar-refractivity contribution in [3.05, 3.63) is 94.8 Å². The van der Waals surface area contributed by atoms with E-state index in [0.29, 0.717) is 44.9 Å². The lowest BCUT2D eigenvalue weighted by molar-refractivity contribution is 0.0729. The summed E-state index contributed by atoms with van der Waals surface area (Å²) in [6.45, 7) is 6.59. The Morgan fingerprint density at radius 1 is 1.06 bits per heavy atom. The first kappa shape index (κ1) is 25.8. The topological polar surface area (TPSA) is 75.1 Å². The molecule has 4 rings (SSSR count). The average molecular weight is 490 g/mol. The van der Waals surface area contributed by atoms with E-state index in [-0.39, 0.29) is 12.5 Å². The zero-order chi connectivity index (χ0) is 25.2. The summed E-state index contributed by atoms with van der Waals surface area (Å²) in [6.07, 6.45) is 2.48. The fourth-order valence-corrected chi connectivity index (χ4v) is 4.46. The summed E-state index contributed by atoms with van der Waals surface area (Å²) in [5.41, 5.74) is 4.97. The van der Waals surface area contributed by atoms with Crippen molar-refractivity contribution in [3.63, 3.8) is 0 Å². The molecule has 190 valence electrons. The Bertz CT molecular complexity index is 1120. The molecular formula is C29H35N3O4. The van der Waals surface area contributed by atoms with Gasteiger partial charge in [-0.25, -0.2) is 0 Å². The number of fused-ring (bicyclic) bond motifs is 3. The summed E-state index contributed by atoms with van der Waals surface area (Å²) in [4.78, 5) is 21.5. The van der Waals surface area contributed by atoms with Crippen molar-refractivity contribution in [1.29, 1.82) is 0 Å². The van der Waals surface area contributed by atoms with E-state index in [1.165, 1.54) is 5.56 Å². The third-order valence-electron chi connectivity index (χ3n) is 6.29. The van der Waals surface area contributed by atoms with Gasteiger partial charge in [0.15, 0.2) is 0 Å². The maximum atomic E-state index is 13.0. The van der Waals surface area contributed by atoms with Gasteiger partial charge in [0, 0.05) is 50.9 Å². The number of likely N-dealkylation sites (N-methyl/N-ethyl adjacent to an activating group) is 1. The molecule has 1 aromatic heterocycles. The van der Waals surface area contributed by atoms with Gasteiger partial charge in [0.2, 0.25) is 0 Å². The van der Waals surface area contributed by atoms with Gasteiger partial charge >= 0.3 is 0 Å². The Morgan fingerprint density at radius 2 is 1.94 bits per heavy atom. The van der Waals surface area contributed by atoms with Crippen LogP contribution in [-0.4, -0.2) is 71.9 Å².